The van der Waals surface area contributed by atoms with Gasteiger partial charge in [0.05, 0.1) is 52.8 Å². The van der Waals surface area contributed by atoms with Crippen LogP contribution in [0.4, 0.5) is 19.0 Å². The van der Waals surface area contributed by atoms with E-state index < -0.39 is 303 Å². The maximum absolute atomic E-state index is 16.7. The van der Waals surface area contributed by atoms with Crippen molar-refractivity contribution in [3.8, 4) is 62.9 Å². The summed E-state index contributed by atoms with van der Waals surface area (Å²) in [6, 6.07) is 10.2. The number of aryl methyl sites for hydroxylation is 1. The van der Waals surface area contributed by atoms with Crippen molar-refractivity contribution in [3.05, 3.63) is 169 Å². The number of unbranched alkanes of at least 4 members (excludes halogenated alkanes) is 1. The fourth-order valence-electron chi connectivity index (χ4n) is 17.2. The molecule has 0 saturated carbocycles. The van der Waals surface area contributed by atoms with Crippen LogP contribution in [0.5, 0.6) is 51.7 Å². The van der Waals surface area contributed by atoms with Crippen LogP contribution < -0.4 is 73.3 Å². The van der Waals surface area contributed by atoms with E-state index in [-0.39, 0.29) is 97.7 Å². The molecule has 139 heavy (non-hydrogen) atoms. The first kappa shape index (κ1) is 106. The fraction of sp³-hybridized carbons (Fsp3) is 0.473. The predicted octanol–water partition coefficient (Wildman–Crippen LogP) is 4.57. The number of likely N-dealkylation sites (N-methyl/N-ethyl adjacent to an activating group) is 1. The third kappa shape index (κ3) is 24.6. The van der Waals surface area contributed by atoms with Gasteiger partial charge in [0.1, 0.15) is 119 Å². The second-order valence-corrected chi connectivity index (χ2v) is 36.0. The number of aliphatic hydroxyl groups is 8. The highest BCUT2D eigenvalue weighted by Crippen LogP contribution is 2.51. The van der Waals surface area contributed by atoms with Crippen LogP contribution >= 0.6 is 23.2 Å². The summed E-state index contributed by atoms with van der Waals surface area (Å²) in [5.41, 5.74) is 8.00. The number of anilines is 1. The molecule has 8 aliphatic heterocycles. The van der Waals surface area contributed by atoms with Crippen molar-refractivity contribution in [2.45, 2.75) is 247 Å². The Hall–Kier alpha value is -11.8. The number of carbonyl (C=O) groups excluding carboxylic acids is 9. The molecule has 752 valence electrons. The Labute approximate surface area is 802 Å². The zero-order chi connectivity index (χ0) is 100. The lowest BCUT2D eigenvalue weighted by Gasteiger charge is -2.46. The number of halogens is 5. The van der Waals surface area contributed by atoms with E-state index in [0.717, 1.165) is 71.3 Å². The maximum atomic E-state index is 16.7. The number of hydrogen-bond donors (Lipinski definition) is 20. The molecule has 0 radical (unpaired) electrons. The molecule has 9 heterocycles. The SMILES string of the molecule is C.CCCNC(=O)[C@@H]1NC(=O)[C@H]2NC(=O)[C@H](CC(=O)[C@@H]3NC(=O)[C@H](CC(N)=O)CC(=O)C(NC(=O)[C@@H](CC(C)C)NC)[C@H](O)c4ccc(c(Cl)c4)Oc4cc3cc(c4O[C@@H]3O[C@H](CO)[C@@H](O[C@@H]4O[C@H](CCCCn5ccc(NC(=O)c6ccc(OC(F)(F)F)cc6)nc5=O)[C@H](O)[C@H](O)[C@H]4O)[C@H](O)[C@H]3O)Oc3ccc(cc3Cl)[C@H]2OC2C[C@](C)(N)[C@@H](O)[C@H](C)O2)c2ccc(O)c(c2)-c2c(O)cc(O)cc21. The van der Waals surface area contributed by atoms with Gasteiger partial charge >= 0.3 is 12.1 Å². The molecule has 15 rings (SSSR count). The molecule has 41 nitrogen and oxygen atoms in total. The third-order valence-electron chi connectivity index (χ3n) is 24.5. The molecule has 6 aromatic carbocycles. The van der Waals surface area contributed by atoms with Crippen molar-refractivity contribution in [3.63, 3.8) is 0 Å². The van der Waals surface area contributed by atoms with Gasteiger partial charge in [-0.3, -0.25) is 47.7 Å². The van der Waals surface area contributed by atoms with Gasteiger partial charge in [0.25, 0.3) is 5.91 Å². The van der Waals surface area contributed by atoms with Crippen LogP contribution in [0.15, 0.2) is 120 Å². The van der Waals surface area contributed by atoms with Gasteiger partial charge in [-0.05, 0) is 172 Å². The molecular formula is C93H110Cl2F3N11O30. The van der Waals surface area contributed by atoms with Crippen molar-refractivity contribution < 1.29 is 155 Å². The van der Waals surface area contributed by atoms with Crippen molar-refractivity contribution in [1.29, 1.82) is 0 Å². The highest BCUT2D eigenvalue weighted by molar-refractivity contribution is 6.32. The Kier molecular flexibility index (Phi) is 34.2. The van der Waals surface area contributed by atoms with Crippen LogP contribution in [-0.2, 0) is 68.6 Å². The number of aliphatic hydroxyl groups excluding tert-OH is 8. The quantitative estimate of drug-likeness (QED) is 0.0348. The number of ether oxygens (including phenoxy) is 9. The molecule has 8 aliphatic rings. The highest BCUT2D eigenvalue weighted by Gasteiger charge is 2.54. The predicted molar refractivity (Wildman–Crippen MR) is 483 cm³/mol. The van der Waals surface area contributed by atoms with E-state index >= 15 is 24.0 Å². The van der Waals surface area contributed by atoms with Gasteiger partial charge < -0.3 is 147 Å². The van der Waals surface area contributed by atoms with Crippen molar-refractivity contribution >= 4 is 81.9 Å². The molecule has 22 N–H and O–H groups in total. The van der Waals surface area contributed by atoms with E-state index in [4.69, 9.17) is 72.6 Å². The summed E-state index contributed by atoms with van der Waals surface area (Å²) in [4.78, 5) is 153. The number of alkyl halides is 3. The van der Waals surface area contributed by atoms with Gasteiger partial charge in [-0.15, -0.1) is 13.2 Å². The maximum Gasteiger partial charge on any atom is 0.573 e. The number of phenolic OH excluding ortho intramolecular Hbond substituents is 3. The summed E-state index contributed by atoms with van der Waals surface area (Å²) in [6.07, 6.45) is -34.9. The minimum absolute atomic E-state index is 0. The third-order valence-corrected chi connectivity index (χ3v) is 25.0. The zero-order valence-electron chi connectivity index (χ0n) is 74.8. The number of primary amides is 1. The smallest absolute Gasteiger partial charge is 0.508 e. The number of ketones is 2. The second kappa shape index (κ2) is 44.8. The number of benzene rings is 6. The lowest BCUT2D eigenvalue weighted by molar-refractivity contribution is -0.351. The summed E-state index contributed by atoms with van der Waals surface area (Å²) in [5, 5.41) is 147. The highest BCUT2D eigenvalue weighted by atomic mass is 35.5. The number of amides is 7. The molecule has 23 atom stereocenters. The summed E-state index contributed by atoms with van der Waals surface area (Å²) in [5.74, 6) is -20.0. The largest absolute Gasteiger partial charge is 0.573 e. The molecule has 7 amide bonds. The van der Waals surface area contributed by atoms with E-state index in [0.29, 0.717) is 6.42 Å². The molecule has 0 aliphatic carbocycles. The number of fused-ring (bicyclic) bond motifs is 15. The second-order valence-electron chi connectivity index (χ2n) is 35.2. The summed E-state index contributed by atoms with van der Waals surface area (Å²) < 4.78 is 94.8. The van der Waals surface area contributed by atoms with Crippen LogP contribution in [0.25, 0.3) is 11.1 Å². The Morgan fingerprint density at radius 3 is 1.99 bits per heavy atom. The number of aromatic nitrogens is 2. The fourth-order valence-corrected chi connectivity index (χ4v) is 17.7. The molecule has 46 heteroatoms. The number of nitrogens with one attached hydrogen (secondary N) is 7. The summed E-state index contributed by atoms with van der Waals surface area (Å²) in [7, 11) is 1.47. The standard InChI is InChI=1S/C92H106Cl2F3N11O30.CH4/c1-7-22-101-86(127)69-50-33-46(110)34-55(112)67(50)49-26-41(13-18-54(49)111)48-35-57(114)68-44-30-61(131-58-19-14-42(27-51(58)93)72(116)70(106-85(126)53(100-6)25-38(2)3)56(113)29-45(32-64(98)115)83(124)104-68)79(62(31-44)132-59-20-15-43(28-52(59)94)78(71(87(128)105-69)107-84(48)125)135-66-36-91(5,99)81(122)39(4)130-66)136-89-77(121)75(119)80(63(37-109)134-89)137-88-76(120)74(118)73(117)60(133-88)10-8-9-23-108-24-21-65(103-90(108)129)102-82(123)40-11-16-47(17-12-40)138-92(95,96)97;/h11-21,24,26-28,30-31,33-34,38-39,45,48,53,60,63,66,68-78,80-81,88-89,100,109-112,116-122H,7-10,22-23,25,29,32,35-37,99H2,1-6H3,(H2,98,115)(H,101,127)(H,104,124)(H,105,128)(H,106,126)(H,107,125)(H,102,103,123,129);1H4/t39-,45-,48+,53+,60+,63+,66?,68+,69+,70?,71-,72+,73-,74-,75+,76+,77+,78+,80+,81-,88-,89-,91-;/m0./s1. The van der Waals surface area contributed by atoms with Crippen molar-refractivity contribution in [1.82, 2.24) is 41.5 Å². The average Bonchev–Trinajstić information content (AvgIpc) is 0.755. The van der Waals surface area contributed by atoms with Crippen molar-refractivity contribution in [2.75, 3.05) is 25.5 Å². The number of phenols is 3. The number of aromatic hydroxyl groups is 3. The average molecular weight is 1990 g/mol. The number of Topliss-reactive ketones (excluding diaryl/α,β-unsaturated/α-hetero) is 2. The molecule has 2 unspecified atom stereocenters. The number of carbonyl (C=O) groups is 9. The normalized spacial score (nSPS) is 28.0. The van der Waals surface area contributed by atoms with Gasteiger partial charge in [-0.1, -0.05) is 69.6 Å². The van der Waals surface area contributed by atoms with Crippen LogP contribution in [0.1, 0.15) is 168 Å². The van der Waals surface area contributed by atoms with Crippen molar-refractivity contribution in [2.24, 2.45) is 23.3 Å². The molecule has 11 bridgehead atoms. The molecule has 1 aromatic heterocycles. The van der Waals surface area contributed by atoms with Crippen LogP contribution in [0.3, 0.4) is 0 Å². The molecule has 3 fully saturated rings. The Morgan fingerprint density at radius 2 is 1.37 bits per heavy atom. The topological polar surface area (TPSA) is 630 Å². The van der Waals surface area contributed by atoms with Gasteiger partial charge in [-0.25, -0.2) is 4.79 Å². The van der Waals surface area contributed by atoms with E-state index in [2.05, 4.69) is 46.9 Å². The van der Waals surface area contributed by atoms with Gasteiger partial charge in [0.15, 0.2) is 35.6 Å². The number of rotatable bonds is 25. The van der Waals surface area contributed by atoms with E-state index in [1.54, 1.807) is 6.92 Å². The lowest BCUT2D eigenvalue weighted by atomic mass is 9.84. The minimum Gasteiger partial charge on any atom is -0.508 e. The van der Waals surface area contributed by atoms with E-state index in [1.165, 1.54) is 69.6 Å². The summed E-state index contributed by atoms with van der Waals surface area (Å²) >= 11 is 14.6. The van der Waals surface area contributed by atoms with E-state index in [9.17, 15) is 93.3 Å². The summed E-state index contributed by atoms with van der Waals surface area (Å²) in [6.45, 7) is 7.09. The van der Waals surface area contributed by atoms with Gasteiger partial charge in [0, 0.05) is 73.3 Å². The van der Waals surface area contributed by atoms with Crippen LogP contribution in [0, 0.1) is 11.8 Å². The monoisotopic (exact) mass is 1990 g/mol. The molecule has 3 saturated heterocycles. The number of nitrogens with two attached hydrogens (primary N) is 2. The number of hydrogen-bond acceptors (Lipinski definition) is 33. The molecule has 0 spiro atoms. The Bertz CT molecular complexity index is 5770. The van der Waals surface area contributed by atoms with Gasteiger partial charge in [-0.2, -0.15) is 4.98 Å². The molecular weight excluding hydrogens is 1880 g/mol. The first-order valence-corrected chi connectivity index (χ1v) is 44.9. The molecule has 7 aromatic rings. The first-order valence-electron chi connectivity index (χ1n) is 44.2. The van der Waals surface area contributed by atoms with Crippen LogP contribution in [0.2, 0.25) is 10.0 Å². The Balaban J connectivity index is 0.0000173. The lowest BCUT2D eigenvalue weighted by Crippen LogP contribution is -2.64. The first-order chi connectivity index (χ1) is 65.3. The zero-order valence-corrected chi connectivity index (χ0v) is 76.4. The van der Waals surface area contributed by atoms with Crippen LogP contribution in [-0.4, -0.2) is 249 Å². The number of nitrogens with zero attached hydrogens (tertiary/aromatic N) is 2. The Morgan fingerprint density at radius 1 is 0.712 bits per heavy atom. The van der Waals surface area contributed by atoms with Gasteiger partial charge in [0.2, 0.25) is 47.5 Å². The van der Waals surface area contributed by atoms with E-state index in [1.807, 2.05) is 13.8 Å². The minimum atomic E-state index is -4.98.